The van der Waals surface area contributed by atoms with Crippen molar-refractivity contribution in [1.82, 2.24) is 0 Å². The smallest absolute Gasteiger partial charge is 0.307 e. The van der Waals surface area contributed by atoms with Crippen molar-refractivity contribution in [2.75, 3.05) is 20.3 Å². The Balaban J connectivity index is 2.28. The minimum atomic E-state index is -0.238. The summed E-state index contributed by atoms with van der Waals surface area (Å²) < 4.78 is 9.84. The number of rotatable bonds is 3. The lowest BCUT2D eigenvalue weighted by atomic mass is 9.92. The maximum atomic E-state index is 10.9. The Morgan fingerprint density at radius 1 is 1.77 bits per heavy atom. The van der Waals surface area contributed by atoms with Gasteiger partial charge in [-0.25, -0.2) is 0 Å². The van der Waals surface area contributed by atoms with E-state index < -0.39 is 0 Å². The minimum Gasteiger partial charge on any atom is -0.469 e. The van der Waals surface area contributed by atoms with Crippen LogP contribution in [0.1, 0.15) is 19.3 Å². The molecule has 0 spiro atoms. The fourth-order valence-corrected chi connectivity index (χ4v) is 1.55. The van der Waals surface area contributed by atoms with Crippen LogP contribution in [0.15, 0.2) is 0 Å². The summed E-state index contributed by atoms with van der Waals surface area (Å²) in [6.07, 6.45) is 2.39. The number of hydrogen-bond donors (Lipinski definition) is 1. The van der Waals surface area contributed by atoms with Gasteiger partial charge in [-0.05, 0) is 18.8 Å². The maximum absolute atomic E-state index is 10.9. The molecule has 0 aromatic heterocycles. The number of esters is 1. The molecule has 0 amide bonds. The predicted molar refractivity (Wildman–Crippen MR) is 48.2 cm³/mol. The Bertz CT molecular complexity index is 166. The SMILES string of the molecule is COC(=O)C[C@H](N)C1CCCOC1. The number of nitrogens with two attached hydrogens (primary N) is 1. The van der Waals surface area contributed by atoms with Crippen molar-refractivity contribution in [3.05, 3.63) is 0 Å². The summed E-state index contributed by atoms with van der Waals surface area (Å²) in [5.74, 6) is 0.0749. The van der Waals surface area contributed by atoms with Crippen molar-refractivity contribution in [2.45, 2.75) is 25.3 Å². The molecule has 1 heterocycles. The fraction of sp³-hybridized carbons (Fsp3) is 0.889. The number of carbonyl (C=O) groups is 1. The van der Waals surface area contributed by atoms with Crippen LogP contribution in [-0.2, 0) is 14.3 Å². The van der Waals surface area contributed by atoms with Gasteiger partial charge in [-0.2, -0.15) is 0 Å². The fourth-order valence-electron chi connectivity index (χ4n) is 1.55. The van der Waals surface area contributed by atoms with Gasteiger partial charge in [0.2, 0.25) is 0 Å². The van der Waals surface area contributed by atoms with Crippen molar-refractivity contribution >= 4 is 5.97 Å². The molecular formula is C9H17NO3. The van der Waals surface area contributed by atoms with Crippen molar-refractivity contribution in [3.63, 3.8) is 0 Å². The van der Waals surface area contributed by atoms with Crippen molar-refractivity contribution in [2.24, 2.45) is 11.7 Å². The summed E-state index contributed by atoms with van der Waals surface area (Å²) in [5, 5.41) is 0. The molecule has 1 unspecified atom stereocenters. The van der Waals surface area contributed by atoms with E-state index in [1.54, 1.807) is 0 Å². The lowest BCUT2D eigenvalue weighted by molar-refractivity contribution is -0.141. The van der Waals surface area contributed by atoms with Gasteiger partial charge in [0.15, 0.2) is 0 Å². The van der Waals surface area contributed by atoms with Gasteiger partial charge >= 0.3 is 5.97 Å². The number of methoxy groups -OCH3 is 1. The van der Waals surface area contributed by atoms with Gasteiger partial charge in [-0.1, -0.05) is 0 Å². The van der Waals surface area contributed by atoms with Crippen LogP contribution in [0.2, 0.25) is 0 Å². The molecule has 0 aromatic carbocycles. The van der Waals surface area contributed by atoms with E-state index in [4.69, 9.17) is 10.5 Å². The molecule has 1 saturated heterocycles. The second kappa shape index (κ2) is 5.19. The third-order valence-corrected chi connectivity index (χ3v) is 2.43. The molecule has 1 rings (SSSR count). The zero-order valence-corrected chi connectivity index (χ0v) is 7.99. The lowest BCUT2D eigenvalue weighted by Crippen LogP contribution is -2.37. The van der Waals surface area contributed by atoms with Crippen LogP contribution >= 0.6 is 0 Å². The second-order valence-corrected chi connectivity index (χ2v) is 3.42. The Morgan fingerprint density at radius 2 is 2.54 bits per heavy atom. The van der Waals surface area contributed by atoms with Crippen molar-refractivity contribution in [1.29, 1.82) is 0 Å². The van der Waals surface area contributed by atoms with Crippen LogP contribution < -0.4 is 5.73 Å². The summed E-state index contributed by atoms with van der Waals surface area (Å²) in [6, 6.07) is -0.118. The van der Waals surface area contributed by atoms with Gasteiger partial charge in [0.1, 0.15) is 0 Å². The Hall–Kier alpha value is -0.610. The van der Waals surface area contributed by atoms with Gasteiger partial charge in [-0.3, -0.25) is 4.79 Å². The summed E-state index contributed by atoms with van der Waals surface area (Å²) in [7, 11) is 1.38. The van der Waals surface area contributed by atoms with E-state index in [2.05, 4.69) is 4.74 Å². The average Bonchev–Trinajstić information content (AvgIpc) is 2.19. The van der Waals surface area contributed by atoms with E-state index in [1.807, 2.05) is 0 Å². The highest BCUT2D eigenvalue weighted by Crippen LogP contribution is 2.18. The monoisotopic (exact) mass is 187 g/mol. The lowest BCUT2D eigenvalue weighted by Gasteiger charge is -2.26. The molecule has 0 aliphatic carbocycles. The van der Waals surface area contributed by atoms with Gasteiger partial charge in [0, 0.05) is 12.6 Å². The Kier molecular flexibility index (Phi) is 4.18. The zero-order chi connectivity index (χ0) is 9.68. The topological polar surface area (TPSA) is 61.5 Å². The molecule has 0 saturated carbocycles. The van der Waals surface area contributed by atoms with Crippen LogP contribution in [0.3, 0.4) is 0 Å². The largest absolute Gasteiger partial charge is 0.469 e. The Labute approximate surface area is 78.4 Å². The average molecular weight is 187 g/mol. The van der Waals surface area contributed by atoms with E-state index in [-0.39, 0.29) is 12.0 Å². The maximum Gasteiger partial charge on any atom is 0.307 e. The van der Waals surface area contributed by atoms with Gasteiger partial charge in [0.05, 0.1) is 20.1 Å². The van der Waals surface area contributed by atoms with E-state index in [1.165, 1.54) is 7.11 Å². The van der Waals surface area contributed by atoms with Gasteiger partial charge < -0.3 is 15.2 Å². The van der Waals surface area contributed by atoms with E-state index in [0.717, 1.165) is 19.4 Å². The summed E-state index contributed by atoms with van der Waals surface area (Å²) >= 11 is 0. The summed E-state index contributed by atoms with van der Waals surface area (Å²) in [4.78, 5) is 10.9. The first-order valence-electron chi connectivity index (χ1n) is 4.64. The molecule has 0 aromatic rings. The van der Waals surface area contributed by atoms with Gasteiger partial charge in [-0.15, -0.1) is 0 Å². The van der Waals surface area contributed by atoms with Crippen molar-refractivity contribution < 1.29 is 14.3 Å². The third-order valence-electron chi connectivity index (χ3n) is 2.43. The molecule has 4 heteroatoms. The quantitative estimate of drug-likeness (QED) is 0.646. The highest BCUT2D eigenvalue weighted by molar-refractivity contribution is 5.69. The van der Waals surface area contributed by atoms with Crippen LogP contribution in [0, 0.1) is 5.92 Å². The second-order valence-electron chi connectivity index (χ2n) is 3.42. The zero-order valence-electron chi connectivity index (χ0n) is 7.99. The van der Waals surface area contributed by atoms with Gasteiger partial charge in [0.25, 0.3) is 0 Å². The third kappa shape index (κ3) is 3.32. The molecule has 0 radical (unpaired) electrons. The molecule has 1 aliphatic heterocycles. The van der Waals surface area contributed by atoms with Crippen LogP contribution in [-0.4, -0.2) is 32.3 Å². The highest BCUT2D eigenvalue weighted by Gasteiger charge is 2.23. The standard InChI is InChI=1S/C9H17NO3/c1-12-9(11)5-8(10)7-3-2-4-13-6-7/h7-8H,2-6,10H2,1H3/t7?,8-/m0/s1. The van der Waals surface area contributed by atoms with Crippen molar-refractivity contribution in [3.8, 4) is 0 Å². The predicted octanol–water partition coefficient (Wildman–Crippen LogP) is 0.303. The molecular weight excluding hydrogens is 170 g/mol. The molecule has 0 bridgehead atoms. The first kappa shape index (κ1) is 10.5. The molecule has 2 N–H and O–H groups in total. The number of ether oxygens (including phenoxy) is 2. The summed E-state index contributed by atoms with van der Waals surface area (Å²) in [6.45, 7) is 1.50. The van der Waals surface area contributed by atoms with Crippen LogP contribution in [0.5, 0.6) is 0 Å². The molecule has 1 fully saturated rings. The summed E-state index contributed by atoms with van der Waals surface area (Å²) in [5.41, 5.74) is 5.84. The van der Waals surface area contributed by atoms with Crippen LogP contribution in [0.25, 0.3) is 0 Å². The number of hydrogen-bond acceptors (Lipinski definition) is 4. The molecule has 2 atom stereocenters. The first-order chi connectivity index (χ1) is 6.24. The Morgan fingerprint density at radius 3 is 3.08 bits per heavy atom. The highest BCUT2D eigenvalue weighted by atomic mass is 16.5. The van der Waals surface area contributed by atoms with Crippen LogP contribution in [0.4, 0.5) is 0 Å². The molecule has 13 heavy (non-hydrogen) atoms. The van der Waals surface area contributed by atoms with E-state index >= 15 is 0 Å². The minimum absolute atomic E-state index is 0.118. The first-order valence-corrected chi connectivity index (χ1v) is 4.64. The molecule has 1 aliphatic rings. The van der Waals surface area contributed by atoms with E-state index in [9.17, 15) is 4.79 Å². The van der Waals surface area contributed by atoms with E-state index in [0.29, 0.717) is 18.9 Å². The molecule has 76 valence electrons. The normalized spacial score (nSPS) is 25.2. The molecule has 4 nitrogen and oxygen atoms in total. The number of carbonyl (C=O) groups excluding carboxylic acids is 1.